The average Bonchev–Trinajstić information content (AvgIpc) is 2.75. The topological polar surface area (TPSA) is 24.5 Å². The van der Waals surface area contributed by atoms with Gasteiger partial charge in [0.05, 0.1) is 6.04 Å². The number of hydrogen-bond acceptors (Lipinski definition) is 4. The summed E-state index contributed by atoms with van der Waals surface area (Å²) >= 11 is 1.83. The summed E-state index contributed by atoms with van der Waals surface area (Å²) in [6.07, 6.45) is 0. The number of nitrogens with zero attached hydrogens (tertiary/aromatic N) is 1. The first-order chi connectivity index (χ1) is 13.8. The maximum Gasteiger partial charge on any atom is 0.127 e. The molecular formula is C23H23FN2OS. The molecule has 5 heteroatoms. The summed E-state index contributed by atoms with van der Waals surface area (Å²) in [7, 11) is 0. The lowest BCUT2D eigenvalue weighted by atomic mass is 10.2. The molecule has 1 saturated heterocycles. The number of anilines is 1. The molecule has 1 aliphatic heterocycles. The Bertz CT molecular complexity index is 871. The van der Waals surface area contributed by atoms with E-state index in [0.29, 0.717) is 6.04 Å². The van der Waals surface area contributed by atoms with Gasteiger partial charge < -0.3 is 15.0 Å². The third kappa shape index (κ3) is 4.86. The molecule has 0 spiro atoms. The van der Waals surface area contributed by atoms with Gasteiger partial charge in [-0.25, -0.2) is 4.39 Å². The quantitative estimate of drug-likeness (QED) is 0.582. The van der Waals surface area contributed by atoms with Gasteiger partial charge in [-0.3, -0.25) is 0 Å². The summed E-state index contributed by atoms with van der Waals surface area (Å²) in [6.45, 7) is 2.81. The highest BCUT2D eigenvalue weighted by molar-refractivity contribution is 7.99. The monoisotopic (exact) mass is 394 g/mol. The first-order valence-electron chi connectivity index (χ1n) is 9.47. The number of para-hydroxylation sites is 1. The molecule has 1 unspecified atom stereocenters. The smallest absolute Gasteiger partial charge is 0.127 e. The lowest BCUT2D eigenvalue weighted by Gasteiger charge is -2.38. The molecule has 0 bridgehead atoms. The van der Waals surface area contributed by atoms with E-state index >= 15 is 0 Å². The SMILES string of the molecule is Fc1ccc(N2CCNCC2CSc2ccc(Oc3ccccc3)cc2)cc1. The summed E-state index contributed by atoms with van der Waals surface area (Å²) in [6, 6.07) is 25.2. The van der Waals surface area contributed by atoms with Gasteiger partial charge in [0.15, 0.2) is 0 Å². The Kier molecular flexibility index (Phi) is 6.14. The number of benzene rings is 3. The van der Waals surface area contributed by atoms with Crippen LogP contribution in [0.5, 0.6) is 11.5 Å². The molecule has 1 fully saturated rings. The molecule has 1 heterocycles. The van der Waals surface area contributed by atoms with Crippen LogP contribution < -0.4 is 15.0 Å². The molecule has 4 rings (SSSR count). The molecule has 3 nitrogen and oxygen atoms in total. The molecular weight excluding hydrogens is 371 g/mol. The molecule has 0 radical (unpaired) electrons. The van der Waals surface area contributed by atoms with Crippen molar-refractivity contribution >= 4 is 17.4 Å². The highest BCUT2D eigenvalue weighted by atomic mass is 32.2. The lowest BCUT2D eigenvalue weighted by Crippen LogP contribution is -2.52. The van der Waals surface area contributed by atoms with E-state index in [2.05, 4.69) is 22.3 Å². The van der Waals surface area contributed by atoms with Crippen LogP contribution in [0.15, 0.2) is 83.8 Å². The molecule has 1 N–H and O–H groups in total. The van der Waals surface area contributed by atoms with E-state index in [1.165, 1.54) is 17.0 Å². The third-order valence-corrected chi connectivity index (χ3v) is 5.91. The minimum absolute atomic E-state index is 0.192. The molecule has 0 amide bonds. The number of hydrogen-bond donors (Lipinski definition) is 1. The van der Waals surface area contributed by atoms with Crippen LogP contribution in [0.4, 0.5) is 10.1 Å². The van der Waals surface area contributed by atoms with Gasteiger partial charge in [-0.2, -0.15) is 0 Å². The summed E-state index contributed by atoms with van der Waals surface area (Å²) in [4.78, 5) is 3.58. The Labute approximate surface area is 169 Å². The van der Waals surface area contributed by atoms with Gasteiger partial charge in [0.25, 0.3) is 0 Å². The van der Waals surface area contributed by atoms with E-state index in [9.17, 15) is 4.39 Å². The van der Waals surface area contributed by atoms with Crippen LogP contribution in [0.25, 0.3) is 0 Å². The third-order valence-electron chi connectivity index (χ3n) is 4.75. The van der Waals surface area contributed by atoms with Gasteiger partial charge in [-0.1, -0.05) is 18.2 Å². The van der Waals surface area contributed by atoms with E-state index < -0.39 is 0 Å². The standard InChI is InChI=1S/C23H23FN2OS/c24-18-6-8-19(9-7-18)26-15-14-25-16-20(26)17-28-23-12-10-22(11-13-23)27-21-4-2-1-3-5-21/h1-13,20,25H,14-17H2. The number of piperazine rings is 1. The number of halogens is 1. The number of rotatable bonds is 6. The average molecular weight is 395 g/mol. The summed E-state index contributed by atoms with van der Waals surface area (Å²) in [5.74, 6) is 2.44. The molecule has 3 aromatic carbocycles. The number of ether oxygens (including phenoxy) is 1. The fraction of sp³-hybridized carbons (Fsp3) is 0.217. The lowest BCUT2D eigenvalue weighted by molar-refractivity contribution is 0.482. The largest absolute Gasteiger partial charge is 0.457 e. The van der Waals surface area contributed by atoms with E-state index in [4.69, 9.17) is 4.74 Å². The van der Waals surface area contributed by atoms with Crippen LogP contribution in [0.1, 0.15) is 0 Å². The Morgan fingerprint density at radius 3 is 2.39 bits per heavy atom. The summed E-state index contributed by atoms with van der Waals surface area (Å²) in [5, 5.41) is 3.47. The van der Waals surface area contributed by atoms with Crippen LogP contribution in [0.3, 0.4) is 0 Å². The molecule has 1 aliphatic rings. The maximum absolute atomic E-state index is 13.2. The van der Waals surface area contributed by atoms with Crippen LogP contribution in [0.2, 0.25) is 0 Å². The second-order valence-electron chi connectivity index (χ2n) is 6.73. The van der Waals surface area contributed by atoms with Gasteiger partial charge in [-0.15, -0.1) is 11.8 Å². The Morgan fingerprint density at radius 2 is 1.64 bits per heavy atom. The fourth-order valence-electron chi connectivity index (χ4n) is 3.30. The normalized spacial score (nSPS) is 16.8. The van der Waals surface area contributed by atoms with Crippen LogP contribution >= 0.6 is 11.8 Å². The van der Waals surface area contributed by atoms with Crippen molar-refractivity contribution in [2.24, 2.45) is 0 Å². The molecule has 0 saturated carbocycles. The van der Waals surface area contributed by atoms with Gasteiger partial charge in [0.1, 0.15) is 17.3 Å². The second-order valence-corrected chi connectivity index (χ2v) is 7.82. The second kappa shape index (κ2) is 9.13. The maximum atomic E-state index is 13.2. The Balaban J connectivity index is 1.36. The van der Waals surface area contributed by atoms with E-state index in [1.54, 1.807) is 0 Å². The molecule has 0 aromatic heterocycles. The van der Waals surface area contributed by atoms with Gasteiger partial charge in [0.2, 0.25) is 0 Å². The van der Waals surface area contributed by atoms with Crippen molar-refractivity contribution in [3.05, 3.63) is 84.7 Å². The minimum Gasteiger partial charge on any atom is -0.457 e. The minimum atomic E-state index is -0.192. The first kappa shape index (κ1) is 18.8. The molecule has 3 aromatic rings. The Hall–Kier alpha value is -2.50. The van der Waals surface area contributed by atoms with Crippen molar-refractivity contribution in [2.45, 2.75) is 10.9 Å². The predicted molar refractivity (Wildman–Crippen MR) is 114 cm³/mol. The molecule has 1 atom stereocenters. The van der Waals surface area contributed by atoms with Gasteiger partial charge in [0, 0.05) is 36.0 Å². The van der Waals surface area contributed by atoms with Crippen molar-refractivity contribution in [1.82, 2.24) is 5.32 Å². The predicted octanol–water partition coefficient (Wildman–Crippen LogP) is 5.19. The number of thioether (sulfide) groups is 1. The van der Waals surface area contributed by atoms with Crippen molar-refractivity contribution in [3.63, 3.8) is 0 Å². The van der Waals surface area contributed by atoms with Crippen molar-refractivity contribution in [3.8, 4) is 11.5 Å². The highest BCUT2D eigenvalue weighted by Gasteiger charge is 2.22. The van der Waals surface area contributed by atoms with E-state index in [0.717, 1.165) is 42.6 Å². The van der Waals surface area contributed by atoms with Gasteiger partial charge >= 0.3 is 0 Å². The Morgan fingerprint density at radius 1 is 0.929 bits per heavy atom. The van der Waals surface area contributed by atoms with Crippen LogP contribution in [-0.4, -0.2) is 31.4 Å². The molecule has 144 valence electrons. The van der Waals surface area contributed by atoms with Crippen LogP contribution in [0, 0.1) is 5.82 Å². The zero-order valence-corrected chi connectivity index (χ0v) is 16.4. The summed E-state index contributed by atoms with van der Waals surface area (Å²) < 4.78 is 19.1. The fourth-order valence-corrected chi connectivity index (χ4v) is 4.31. The molecule has 28 heavy (non-hydrogen) atoms. The zero-order chi connectivity index (χ0) is 19.2. The van der Waals surface area contributed by atoms with Crippen molar-refractivity contribution in [2.75, 3.05) is 30.3 Å². The van der Waals surface area contributed by atoms with Crippen molar-refractivity contribution in [1.29, 1.82) is 0 Å². The highest BCUT2D eigenvalue weighted by Crippen LogP contribution is 2.28. The van der Waals surface area contributed by atoms with E-state index in [-0.39, 0.29) is 5.82 Å². The molecule has 0 aliphatic carbocycles. The van der Waals surface area contributed by atoms with Gasteiger partial charge in [-0.05, 0) is 60.7 Å². The van der Waals surface area contributed by atoms with Crippen LogP contribution in [-0.2, 0) is 0 Å². The van der Waals surface area contributed by atoms with Crippen molar-refractivity contribution < 1.29 is 9.13 Å². The number of nitrogens with one attached hydrogen (secondary N) is 1. The van der Waals surface area contributed by atoms with E-state index in [1.807, 2.05) is 66.4 Å². The zero-order valence-electron chi connectivity index (χ0n) is 15.6. The first-order valence-corrected chi connectivity index (χ1v) is 10.5. The summed E-state index contributed by atoms with van der Waals surface area (Å²) in [5.41, 5.74) is 1.08.